The molecule has 0 aliphatic heterocycles. The zero-order chi connectivity index (χ0) is 20.4. The molecule has 5 atom stereocenters. The van der Waals surface area contributed by atoms with Gasteiger partial charge in [-0.15, -0.1) is 0 Å². The van der Waals surface area contributed by atoms with Gasteiger partial charge in [0.2, 0.25) is 0 Å². The molecule has 0 saturated heterocycles. The van der Waals surface area contributed by atoms with Crippen molar-refractivity contribution < 1.29 is 30.0 Å². The van der Waals surface area contributed by atoms with Crippen molar-refractivity contribution in [2.75, 3.05) is 6.61 Å². The summed E-state index contributed by atoms with van der Waals surface area (Å²) in [5.41, 5.74) is 0. The fraction of sp³-hybridized carbons (Fsp3) is 0.591. The molecule has 0 radical (unpaired) electrons. The Morgan fingerprint density at radius 3 is 2.57 bits per heavy atom. The second-order valence-electron chi connectivity index (χ2n) is 7.55. The number of ether oxygens (including phenoxy) is 1. The van der Waals surface area contributed by atoms with E-state index in [1.807, 2.05) is 42.5 Å². The smallest absolute Gasteiger partial charge is 0.303 e. The SMILES string of the molecule is O=C(O)CCCC=CC[C@@H]1[C@@H](CC[C@@H](O)COc2ccccc2)[C@H](O)C[C@@H]1O. The van der Waals surface area contributed by atoms with E-state index < -0.39 is 24.3 Å². The Balaban J connectivity index is 1.74. The molecule has 0 spiro atoms. The monoisotopic (exact) mass is 392 g/mol. The van der Waals surface area contributed by atoms with Gasteiger partial charge in [0.25, 0.3) is 0 Å². The fourth-order valence-electron chi connectivity index (χ4n) is 3.83. The van der Waals surface area contributed by atoms with Crippen LogP contribution in [0.25, 0.3) is 0 Å². The van der Waals surface area contributed by atoms with Crippen LogP contribution >= 0.6 is 0 Å². The molecule has 0 unspecified atom stereocenters. The summed E-state index contributed by atoms with van der Waals surface area (Å²) >= 11 is 0. The summed E-state index contributed by atoms with van der Waals surface area (Å²) < 4.78 is 5.56. The molecule has 0 heterocycles. The third-order valence-corrected chi connectivity index (χ3v) is 5.38. The van der Waals surface area contributed by atoms with E-state index >= 15 is 0 Å². The zero-order valence-electron chi connectivity index (χ0n) is 16.2. The van der Waals surface area contributed by atoms with E-state index in [9.17, 15) is 20.1 Å². The molecule has 1 fully saturated rings. The summed E-state index contributed by atoms with van der Waals surface area (Å²) in [4.78, 5) is 10.5. The summed E-state index contributed by atoms with van der Waals surface area (Å²) in [6, 6.07) is 9.32. The highest BCUT2D eigenvalue weighted by molar-refractivity contribution is 5.66. The van der Waals surface area contributed by atoms with Gasteiger partial charge in [0.05, 0.1) is 18.3 Å². The molecule has 1 aliphatic carbocycles. The van der Waals surface area contributed by atoms with Crippen molar-refractivity contribution >= 4 is 5.97 Å². The Bertz CT molecular complexity index is 602. The number of hydrogen-bond donors (Lipinski definition) is 4. The van der Waals surface area contributed by atoms with Crippen LogP contribution in [0, 0.1) is 11.8 Å². The number of carbonyl (C=O) groups is 1. The zero-order valence-corrected chi connectivity index (χ0v) is 16.2. The van der Waals surface area contributed by atoms with Crippen LogP contribution in [0.5, 0.6) is 5.75 Å². The van der Waals surface area contributed by atoms with Gasteiger partial charge in [-0.05, 0) is 62.5 Å². The normalized spacial score (nSPS) is 25.8. The highest BCUT2D eigenvalue weighted by Gasteiger charge is 2.40. The largest absolute Gasteiger partial charge is 0.491 e. The van der Waals surface area contributed by atoms with Crippen LogP contribution in [-0.4, -0.2) is 51.3 Å². The van der Waals surface area contributed by atoms with Gasteiger partial charge in [0.15, 0.2) is 0 Å². The quantitative estimate of drug-likeness (QED) is 0.322. The van der Waals surface area contributed by atoms with Crippen LogP contribution in [0.15, 0.2) is 42.5 Å². The second-order valence-corrected chi connectivity index (χ2v) is 7.55. The fourth-order valence-corrected chi connectivity index (χ4v) is 3.83. The third kappa shape index (κ3) is 7.62. The van der Waals surface area contributed by atoms with E-state index in [2.05, 4.69) is 0 Å². The van der Waals surface area contributed by atoms with Crippen molar-refractivity contribution in [3.63, 3.8) is 0 Å². The van der Waals surface area contributed by atoms with Gasteiger partial charge in [0, 0.05) is 6.42 Å². The van der Waals surface area contributed by atoms with E-state index in [0.717, 1.165) is 0 Å². The molecule has 1 aromatic rings. The number of aliphatic hydroxyl groups excluding tert-OH is 3. The molecule has 1 aromatic carbocycles. The highest BCUT2D eigenvalue weighted by atomic mass is 16.5. The first-order valence-electron chi connectivity index (χ1n) is 10.1. The summed E-state index contributed by atoms with van der Waals surface area (Å²) in [5.74, 6) is -0.195. The van der Waals surface area contributed by atoms with Crippen LogP contribution in [-0.2, 0) is 4.79 Å². The highest BCUT2D eigenvalue weighted by Crippen LogP contribution is 2.38. The van der Waals surface area contributed by atoms with Gasteiger partial charge in [-0.3, -0.25) is 4.79 Å². The molecular formula is C22H32O6. The molecule has 6 nitrogen and oxygen atoms in total. The summed E-state index contributed by atoms with van der Waals surface area (Å²) in [6.45, 7) is 0.198. The molecule has 0 bridgehead atoms. The lowest BCUT2D eigenvalue weighted by Crippen LogP contribution is -2.25. The Morgan fingerprint density at radius 2 is 1.86 bits per heavy atom. The maximum Gasteiger partial charge on any atom is 0.303 e. The predicted octanol–water partition coefficient (Wildman–Crippen LogP) is 2.77. The minimum absolute atomic E-state index is 0.0482. The third-order valence-electron chi connectivity index (χ3n) is 5.38. The Labute approximate surface area is 166 Å². The van der Waals surface area contributed by atoms with Crippen LogP contribution in [0.4, 0.5) is 0 Å². The van der Waals surface area contributed by atoms with Gasteiger partial charge in [0.1, 0.15) is 12.4 Å². The average Bonchev–Trinajstić information content (AvgIpc) is 2.94. The Hall–Kier alpha value is -1.89. The topological polar surface area (TPSA) is 107 Å². The number of unbranched alkanes of at least 4 members (excludes halogenated alkanes) is 1. The van der Waals surface area contributed by atoms with E-state index in [1.165, 1.54) is 0 Å². The summed E-state index contributed by atoms with van der Waals surface area (Å²) in [6.07, 6.45) is 5.73. The molecule has 28 heavy (non-hydrogen) atoms. The van der Waals surface area contributed by atoms with Crippen LogP contribution in [0.1, 0.15) is 44.9 Å². The number of carboxylic acid groups (broad SMARTS) is 1. The lowest BCUT2D eigenvalue weighted by molar-refractivity contribution is -0.137. The number of rotatable bonds is 12. The number of aliphatic carboxylic acids is 1. The van der Waals surface area contributed by atoms with E-state index in [1.54, 1.807) is 0 Å². The van der Waals surface area contributed by atoms with Crippen molar-refractivity contribution in [2.45, 2.75) is 63.3 Å². The summed E-state index contributed by atoms with van der Waals surface area (Å²) in [5, 5.41) is 39.4. The molecule has 1 saturated carbocycles. The maximum absolute atomic E-state index is 10.5. The van der Waals surface area contributed by atoms with Crippen LogP contribution < -0.4 is 4.74 Å². The first-order valence-corrected chi connectivity index (χ1v) is 10.1. The molecular weight excluding hydrogens is 360 g/mol. The van der Waals surface area contributed by atoms with Gasteiger partial charge in [-0.25, -0.2) is 0 Å². The number of aliphatic hydroxyl groups is 3. The van der Waals surface area contributed by atoms with E-state index in [-0.39, 0.29) is 24.9 Å². The molecule has 1 aliphatic rings. The lowest BCUT2D eigenvalue weighted by Gasteiger charge is -2.23. The first kappa shape index (κ1) is 22.4. The van der Waals surface area contributed by atoms with Gasteiger partial charge in [-0.1, -0.05) is 30.4 Å². The van der Waals surface area contributed by atoms with Gasteiger partial charge >= 0.3 is 5.97 Å². The molecule has 6 heteroatoms. The second kappa shape index (κ2) is 11.8. The molecule has 0 amide bonds. The molecule has 4 N–H and O–H groups in total. The lowest BCUT2D eigenvalue weighted by atomic mass is 9.86. The van der Waals surface area contributed by atoms with Crippen molar-refractivity contribution in [3.05, 3.63) is 42.5 Å². The van der Waals surface area contributed by atoms with Crippen molar-refractivity contribution in [1.29, 1.82) is 0 Å². The van der Waals surface area contributed by atoms with Gasteiger partial charge < -0.3 is 25.2 Å². The molecule has 2 rings (SSSR count). The number of carboxylic acids is 1. The van der Waals surface area contributed by atoms with Crippen LogP contribution in [0.2, 0.25) is 0 Å². The number of para-hydroxylation sites is 1. The van der Waals surface area contributed by atoms with E-state index in [4.69, 9.17) is 9.84 Å². The van der Waals surface area contributed by atoms with Crippen molar-refractivity contribution in [3.8, 4) is 5.75 Å². The van der Waals surface area contributed by atoms with Crippen molar-refractivity contribution in [2.24, 2.45) is 11.8 Å². The standard InChI is InChI=1S/C22H32O6/c23-16(15-28-17-8-4-3-5-9-17)12-13-19-18(20(24)14-21(19)25)10-6-1-2-7-11-22(26)27/h1,3-6,8-9,16,18-21,23-25H,2,7,10-15H2,(H,26,27)/t16-,18-,19-,20+,21-/m1/s1. The van der Waals surface area contributed by atoms with Crippen molar-refractivity contribution in [1.82, 2.24) is 0 Å². The maximum atomic E-state index is 10.5. The average molecular weight is 392 g/mol. The number of hydrogen-bond acceptors (Lipinski definition) is 5. The number of allylic oxidation sites excluding steroid dienone is 2. The first-order chi connectivity index (χ1) is 13.5. The molecule has 0 aromatic heterocycles. The summed E-state index contributed by atoms with van der Waals surface area (Å²) in [7, 11) is 0. The van der Waals surface area contributed by atoms with E-state index in [0.29, 0.717) is 44.3 Å². The minimum atomic E-state index is -0.794. The Kier molecular flexibility index (Phi) is 9.47. The minimum Gasteiger partial charge on any atom is -0.491 e. The Morgan fingerprint density at radius 1 is 1.14 bits per heavy atom. The number of benzene rings is 1. The molecule has 156 valence electrons. The van der Waals surface area contributed by atoms with Gasteiger partial charge in [-0.2, -0.15) is 0 Å². The van der Waals surface area contributed by atoms with Crippen LogP contribution in [0.3, 0.4) is 0 Å². The predicted molar refractivity (Wildman–Crippen MR) is 106 cm³/mol.